The molecule has 0 atom stereocenters. The molecule has 3 N–H and O–H groups in total. The molecule has 3 aromatic rings. The quantitative estimate of drug-likeness (QED) is 0.519. The summed E-state index contributed by atoms with van der Waals surface area (Å²) >= 11 is 3.28. The van der Waals surface area contributed by atoms with Crippen LogP contribution in [0.25, 0.3) is 22.4 Å². The minimum Gasteiger partial charge on any atom is -0.397 e. The fourth-order valence-electron chi connectivity index (χ4n) is 1.94. The second kappa shape index (κ2) is 4.52. The lowest BCUT2D eigenvalue weighted by Crippen LogP contribution is -1.92. The van der Waals surface area contributed by atoms with E-state index in [9.17, 15) is 13.2 Å². The van der Waals surface area contributed by atoms with Crippen molar-refractivity contribution in [2.24, 2.45) is 0 Å². The SMILES string of the molecule is Nc1cc(Br)cc2[nH]c(-c3cc(F)c(F)c(F)c3)nc12. The number of aromatic nitrogens is 2. The largest absolute Gasteiger partial charge is 0.397 e. The number of hydrogen-bond acceptors (Lipinski definition) is 2. The molecule has 2 aromatic carbocycles. The van der Waals surface area contributed by atoms with Crippen molar-refractivity contribution >= 4 is 32.7 Å². The molecule has 0 fully saturated rings. The number of nitrogens with one attached hydrogen (secondary N) is 1. The molecule has 0 aliphatic rings. The average Bonchev–Trinajstić information content (AvgIpc) is 2.79. The Labute approximate surface area is 119 Å². The molecule has 102 valence electrons. The fourth-order valence-corrected chi connectivity index (χ4v) is 2.41. The van der Waals surface area contributed by atoms with Crippen molar-refractivity contribution in [3.8, 4) is 11.4 Å². The number of H-pyrrole nitrogens is 1. The molecule has 0 bridgehead atoms. The minimum absolute atomic E-state index is 0.105. The van der Waals surface area contributed by atoms with Crippen molar-refractivity contribution < 1.29 is 13.2 Å². The molecule has 0 aliphatic carbocycles. The summed E-state index contributed by atoms with van der Waals surface area (Å²) in [5.74, 6) is -3.83. The molecule has 0 radical (unpaired) electrons. The normalized spacial score (nSPS) is 11.2. The number of fused-ring (bicyclic) bond motifs is 1. The van der Waals surface area contributed by atoms with Crippen molar-refractivity contribution in [3.63, 3.8) is 0 Å². The number of nitrogens with two attached hydrogens (primary N) is 1. The zero-order valence-corrected chi connectivity index (χ0v) is 11.4. The van der Waals surface area contributed by atoms with Crippen LogP contribution < -0.4 is 5.73 Å². The number of benzene rings is 2. The van der Waals surface area contributed by atoms with Gasteiger partial charge in [-0.2, -0.15) is 0 Å². The number of nitrogens with zero attached hydrogens (tertiary/aromatic N) is 1. The Morgan fingerprint density at radius 2 is 1.70 bits per heavy atom. The van der Waals surface area contributed by atoms with Crippen LogP contribution in [-0.2, 0) is 0 Å². The summed E-state index contributed by atoms with van der Waals surface area (Å²) in [5.41, 5.74) is 7.42. The first-order valence-electron chi connectivity index (χ1n) is 5.55. The zero-order chi connectivity index (χ0) is 14.4. The van der Waals surface area contributed by atoms with E-state index in [1.807, 2.05) is 0 Å². The van der Waals surface area contributed by atoms with E-state index in [1.54, 1.807) is 12.1 Å². The number of halogens is 4. The van der Waals surface area contributed by atoms with Gasteiger partial charge in [-0.25, -0.2) is 18.2 Å². The maximum atomic E-state index is 13.2. The molecule has 20 heavy (non-hydrogen) atoms. The van der Waals surface area contributed by atoms with Crippen LogP contribution >= 0.6 is 15.9 Å². The predicted octanol–water partition coefficient (Wildman–Crippen LogP) is 3.99. The molecule has 1 aromatic heterocycles. The van der Waals surface area contributed by atoms with E-state index in [0.717, 1.165) is 16.6 Å². The van der Waals surface area contributed by atoms with Crippen LogP contribution in [0.5, 0.6) is 0 Å². The van der Waals surface area contributed by atoms with E-state index in [1.165, 1.54) is 0 Å². The highest BCUT2D eigenvalue weighted by atomic mass is 79.9. The average molecular weight is 342 g/mol. The molecule has 0 unspecified atom stereocenters. The summed E-state index contributed by atoms with van der Waals surface area (Å²) in [7, 11) is 0. The zero-order valence-electron chi connectivity index (χ0n) is 9.85. The van der Waals surface area contributed by atoms with Gasteiger partial charge in [-0.05, 0) is 24.3 Å². The van der Waals surface area contributed by atoms with E-state index in [4.69, 9.17) is 5.73 Å². The third-order valence-electron chi connectivity index (χ3n) is 2.84. The lowest BCUT2D eigenvalue weighted by molar-refractivity contribution is 0.447. The van der Waals surface area contributed by atoms with Gasteiger partial charge in [0, 0.05) is 10.0 Å². The summed E-state index contributed by atoms with van der Waals surface area (Å²) in [5, 5.41) is 0. The second-order valence-corrected chi connectivity index (χ2v) is 5.15. The van der Waals surface area contributed by atoms with Crippen LogP contribution in [0.15, 0.2) is 28.7 Å². The van der Waals surface area contributed by atoms with E-state index in [2.05, 4.69) is 25.9 Å². The maximum absolute atomic E-state index is 13.2. The molecule has 7 heteroatoms. The lowest BCUT2D eigenvalue weighted by atomic mass is 10.2. The Bertz CT molecular complexity index is 806. The Morgan fingerprint density at radius 3 is 2.35 bits per heavy atom. The molecule has 0 aliphatic heterocycles. The van der Waals surface area contributed by atoms with Crippen molar-refractivity contribution in [2.75, 3.05) is 5.73 Å². The first-order chi connectivity index (χ1) is 9.45. The van der Waals surface area contributed by atoms with Crippen molar-refractivity contribution in [3.05, 3.63) is 46.2 Å². The molecule has 0 saturated heterocycles. The van der Waals surface area contributed by atoms with Gasteiger partial charge in [-0.3, -0.25) is 0 Å². The number of aromatic amines is 1. The van der Waals surface area contributed by atoms with Gasteiger partial charge in [0.25, 0.3) is 0 Å². The van der Waals surface area contributed by atoms with Crippen molar-refractivity contribution in [1.82, 2.24) is 9.97 Å². The second-order valence-electron chi connectivity index (χ2n) is 4.23. The summed E-state index contributed by atoms with van der Waals surface area (Å²) in [4.78, 5) is 7.07. The molecule has 0 amide bonds. The minimum atomic E-state index is -1.51. The van der Waals surface area contributed by atoms with Gasteiger partial charge >= 0.3 is 0 Å². The molecule has 0 saturated carbocycles. The highest BCUT2D eigenvalue weighted by Gasteiger charge is 2.14. The van der Waals surface area contributed by atoms with Gasteiger partial charge in [0.1, 0.15) is 11.3 Å². The summed E-state index contributed by atoms with van der Waals surface area (Å²) < 4.78 is 40.2. The van der Waals surface area contributed by atoms with Gasteiger partial charge in [0.05, 0.1) is 11.2 Å². The third-order valence-corrected chi connectivity index (χ3v) is 3.30. The Morgan fingerprint density at radius 1 is 1.05 bits per heavy atom. The number of nitrogen functional groups attached to an aromatic ring is 1. The Balaban J connectivity index is 2.22. The van der Waals surface area contributed by atoms with Crippen LogP contribution in [0.2, 0.25) is 0 Å². The summed E-state index contributed by atoms with van der Waals surface area (Å²) in [6, 6.07) is 5.15. The Hall–Kier alpha value is -2.02. The van der Waals surface area contributed by atoms with E-state index < -0.39 is 17.5 Å². The predicted molar refractivity (Wildman–Crippen MR) is 73.5 cm³/mol. The maximum Gasteiger partial charge on any atom is 0.194 e. The van der Waals surface area contributed by atoms with E-state index in [-0.39, 0.29) is 11.4 Å². The van der Waals surface area contributed by atoms with E-state index in [0.29, 0.717) is 16.7 Å². The third kappa shape index (κ3) is 2.03. The molecule has 3 rings (SSSR count). The van der Waals surface area contributed by atoms with Crippen LogP contribution in [0.1, 0.15) is 0 Å². The number of hydrogen-bond donors (Lipinski definition) is 2. The first-order valence-corrected chi connectivity index (χ1v) is 6.34. The molecule has 1 heterocycles. The topological polar surface area (TPSA) is 54.7 Å². The van der Waals surface area contributed by atoms with Crippen LogP contribution in [0.3, 0.4) is 0 Å². The van der Waals surface area contributed by atoms with Gasteiger partial charge in [0.2, 0.25) is 0 Å². The first kappa shape index (κ1) is 13.0. The van der Waals surface area contributed by atoms with Gasteiger partial charge in [-0.15, -0.1) is 0 Å². The molecular formula is C13H7BrF3N3. The molecule has 0 spiro atoms. The summed E-state index contributed by atoms with van der Waals surface area (Å²) in [6.45, 7) is 0. The van der Waals surface area contributed by atoms with Crippen molar-refractivity contribution in [1.29, 1.82) is 0 Å². The van der Waals surface area contributed by atoms with E-state index >= 15 is 0 Å². The number of imidazole rings is 1. The van der Waals surface area contributed by atoms with Crippen LogP contribution in [-0.4, -0.2) is 9.97 Å². The van der Waals surface area contributed by atoms with Crippen LogP contribution in [0.4, 0.5) is 18.9 Å². The summed E-state index contributed by atoms with van der Waals surface area (Å²) in [6.07, 6.45) is 0. The highest BCUT2D eigenvalue weighted by Crippen LogP contribution is 2.28. The lowest BCUT2D eigenvalue weighted by Gasteiger charge is -1.99. The Kier molecular flexibility index (Phi) is 2.93. The fraction of sp³-hybridized carbons (Fsp3) is 0. The molecular weight excluding hydrogens is 335 g/mol. The highest BCUT2D eigenvalue weighted by molar-refractivity contribution is 9.10. The smallest absolute Gasteiger partial charge is 0.194 e. The number of anilines is 1. The van der Waals surface area contributed by atoms with Crippen molar-refractivity contribution in [2.45, 2.75) is 0 Å². The van der Waals surface area contributed by atoms with Gasteiger partial charge in [-0.1, -0.05) is 15.9 Å². The molecule has 3 nitrogen and oxygen atoms in total. The number of rotatable bonds is 1. The van der Waals surface area contributed by atoms with Crippen LogP contribution in [0, 0.1) is 17.5 Å². The monoisotopic (exact) mass is 341 g/mol. The standard InChI is InChI=1S/C13H7BrF3N3/c14-6-3-9(18)12-10(4-6)19-13(20-12)5-1-7(15)11(17)8(16)2-5/h1-4H,18H2,(H,19,20). The van der Waals surface area contributed by atoms with Gasteiger partial charge in [0.15, 0.2) is 17.5 Å². The van der Waals surface area contributed by atoms with Gasteiger partial charge < -0.3 is 10.7 Å².